The summed E-state index contributed by atoms with van der Waals surface area (Å²) in [6.45, 7) is 3.92. The van der Waals surface area contributed by atoms with Crippen LogP contribution in [0.1, 0.15) is 29.8 Å². The summed E-state index contributed by atoms with van der Waals surface area (Å²) in [4.78, 5) is 25.3. The SMILES string of the molecule is COc1cc(OC)cc(C(=O)N[C@@H](C(=O)NCc2ccc(F)cc2)C(C)C)c1. The number of carbonyl (C=O) groups excluding carboxylic acids is 2. The van der Waals surface area contributed by atoms with Gasteiger partial charge in [0.2, 0.25) is 5.91 Å². The van der Waals surface area contributed by atoms with E-state index in [9.17, 15) is 14.0 Å². The van der Waals surface area contributed by atoms with Crippen LogP contribution in [0.25, 0.3) is 0 Å². The van der Waals surface area contributed by atoms with E-state index in [1.807, 2.05) is 13.8 Å². The molecule has 0 bridgehead atoms. The molecular weight excluding hydrogens is 363 g/mol. The number of ether oxygens (including phenoxy) is 2. The van der Waals surface area contributed by atoms with Crippen LogP contribution in [0, 0.1) is 11.7 Å². The summed E-state index contributed by atoms with van der Waals surface area (Å²) in [5.41, 5.74) is 1.09. The maximum Gasteiger partial charge on any atom is 0.252 e. The van der Waals surface area contributed by atoms with Crippen LogP contribution >= 0.6 is 0 Å². The number of rotatable bonds is 8. The third-order valence-corrected chi connectivity index (χ3v) is 4.23. The first-order valence-electron chi connectivity index (χ1n) is 8.90. The molecule has 2 rings (SSSR count). The smallest absolute Gasteiger partial charge is 0.252 e. The number of hydrogen-bond acceptors (Lipinski definition) is 4. The molecule has 1 atom stereocenters. The van der Waals surface area contributed by atoms with E-state index < -0.39 is 11.9 Å². The zero-order chi connectivity index (χ0) is 20.7. The largest absolute Gasteiger partial charge is 0.497 e. The van der Waals surface area contributed by atoms with E-state index in [0.29, 0.717) is 17.1 Å². The summed E-state index contributed by atoms with van der Waals surface area (Å²) in [5.74, 6) is -0.242. The summed E-state index contributed by atoms with van der Waals surface area (Å²) in [6, 6.07) is 9.94. The van der Waals surface area contributed by atoms with E-state index in [4.69, 9.17) is 9.47 Å². The molecule has 0 heterocycles. The number of hydrogen-bond donors (Lipinski definition) is 2. The van der Waals surface area contributed by atoms with Gasteiger partial charge in [-0.15, -0.1) is 0 Å². The minimum Gasteiger partial charge on any atom is -0.497 e. The number of nitrogens with one attached hydrogen (secondary N) is 2. The van der Waals surface area contributed by atoms with Crippen molar-refractivity contribution in [2.75, 3.05) is 14.2 Å². The summed E-state index contributed by atoms with van der Waals surface area (Å²) >= 11 is 0. The van der Waals surface area contributed by atoms with Crippen molar-refractivity contribution >= 4 is 11.8 Å². The van der Waals surface area contributed by atoms with Gasteiger partial charge in [0.1, 0.15) is 23.4 Å². The highest BCUT2D eigenvalue weighted by Gasteiger charge is 2.25. The molecule has 150 valence electrons. The Bertz CT molecular complexity index is 799. The number of benzene rings is 2. The lowest BCUT2D eigenvalue weighted by atomic mass is 10.0. The van der Waals surface area contributed by atoms with Gasteiger partial charge in [0.25, 0.3) is 5.91 Å². The third-order valence-electron chi connectivity index (χ3n) is 4.23. The number of amides is 2. The van der Waals surface area contributed by atoms with Crippen molar-refractivity contribution in [2.24, 2.45) is 5.92 Å². The fraction of sp³-hybridized carbons (Fsp3) is 0.333. The number of methoxy groups -OCH3 is 2. The van der Waals surface area contributed by atoms with Gasteiger partial charge in [-0.1, -0.05) is 26.0 Å². The zero-order valence-corrected chi connectivity index (χ0v) is 16.4. The van der Waals surface area contributed by atoms with Gasteiger partial charge in [-0.05, 0) is 35.7 Å². The normalized spacial score (nSPS) is 11.6. The van der Waals surface area contributed by atoms with Gasteiger partial charge < -0.3 is 20.1 Å². The second kappa shape index (κ2) is 9.73. The lowest BCUT2D eigenvalue weighted by Crippen LogP contribution is -2.49. The van der Waals surface area contributed by atoms with Gasteiger partial charge in [-0.25, -0.2) is 4.39 Å². The zero-order valence-electron chi connectivity index (χ0n) is 16.4. The van der Waals surface area contributed by atoms with Crippen molar-refractivity contribution in [3.63, 3.8) is 0 Å². The molecule has 2 amide bonds. The van der Waals surface area contributed by atoms with Crippen molar-refractivity contribution in [3.05, 3.63) is 59.4 Å². The fourth-order valence-electron chi connectivity index (χ4n) is 2.60. The first-order valence-corrected chi connectivity index (χ1v) is 8.90. The van der Waals surface area contributed by atoms with Crippen LogP contribution in [0.5, 0.6) is 11.5 Å². The van der Waals surface area contributed by atoms with E-state index in [1.165, 1.54) is 26.4 Å². The van der Waals surface area contributed by atoms with Crippen molar-refractivity contribution < 1.29 is 23.5 Å². The van der Waals surface area contributed by atoms with Gasteiger partial charge in [-0.2, -0.15) is 0 Å². The lowest BCUT2D eigenvalue weighted by Gasteiger charge is -2.22. The average molecular weight is 388 g/mol. The monoisotopic (exact) mass is 388 g/mol. The first kappa shape index (κ1) is 21.2. The Morgan fingerprint density at radius 3 is 2.07 bits per heavy atom. The summed E-state index contributed by atoms with van der Waals surface area (Å²) in [7, 11) is 2.99. The second-order valence-corrected chi connectivity index (χ2v) is 6.64. The van der Waals surface area contributed by atoms with E-state index in [-0.39, 0.29) is 24.2 Å². The molecule has 0 radical (unpaired) electrons. The van der Waals surface area contributed by atoms with Crippen molar-refractivity contribution in [3.8, 4) is 11.5 Å². The average Bonchev–Trinajstić information content (AvgIpc) is 2.70. The Balaban J connectivity index is 2.07. The minimum absolute atomic E-state index is 0.135. The van der Waals surface area contributed by atoms with Gasteiger partial charge in [0.05, 0.1) is 14.2 Å². The summed E-state index contributed by atoms with van der Waals surface area (Å²) < 4.78 is 23.3. The molecule has 0 saturated heterocycles. The molecule has 0 fully saturated rings. The molecule has 0 aromatic heterocycles. The molecule has 0 aliphatic rings. The van der Waals surface area contributed by atoms with Crippen LogP contribution in [0.2, 0.25) is 0 Å². The molecule has 0 aliphatic heterocycles. The van der Waals surface area contributed by atoms with Gasteiger partial charge >= 0.3 is 0 Å². The first-order chi connectivity index (χ1) is 13.3. The second-order valence-electron chi connectivity index (χ2n) is 6.64. The van der Waals surface area contributed by atoms with Crippen LogP contribution in [-0.4, -0.2) is 32.1 Å². The number of halogens is 1. The Kier molecular flexibility index (Phi) is 7.37. The van der Waals surface area contributed by atoms with E-state index >= 15 is 0 Å². The van der Waals surface area contributed by atoms with Crippen molar-refractivity contribution in [1.29, 1.82) is 0 Å². The quantitative estimate of drug-likeness (QED) is 0.729. The molecule has 2 N–H and O–H groups in total. The van der Waals surface area contributed by atoms with Gasteiger partial charge in [-0.3, -0.25) is 9.59 Å². The van der Waals surface area contributed by atoms with Gasteiger partial charge in [0, 0.05) is 18.2 Å². The maximum absolute atomic E-state index is 13.0. The standard InChI is InChI=1S/C21H25FN2O4/c1-13(2)19(21(26)23-12-14-5-7-16(22)8-6-14)24-20(25)15-9-17(27-3)11-18(10-15)28-4/h5-11,13,19H,12H2,1-4H3,(H,23,26)(H,24,25)/t19-/m1/s1. The minimum atomic E-state index is -0.731. The van der Waals surface area contributed by atoms with Crippen LogP contribution in [0.3, 0.4) is 0 Å². The molecule has 0 saturated carbocycles. The molecule has 0 unspecified atom stereocenters. The molecule has 0 aliphatic carbocycles. The molecular formula is C21H25FN2O4. The van der Waals surface area contributed by atoms with E-state index in [0.717, 1.165) is 5.56 Å². The Morgan fingerprint density at radius 1 is 1.00 bits per heavy atom. The van der Waals surface area contributed by atoms with Crippen molar-refractivity contribution in [1.82, 2.24) is 10.6 Å². The molecule has 2 aromatic carbocycles. The number of carbonyl (C=O) groups is 2. The predicted molar refractivity (Wildman–Crippen MR) is 104 cm³/mol. The fourth-order valence-corrected chi connectivity index (χ4v) is 2.60. The van der Waals surface area contributed by atoms with Crippen LogP contribution < -0.4 is 20.1 Å². The molecule has 6 nitrogen and oxygen atoms in total. The van der Waals surface area contributed by atoms with Crippen LogP contribution in [0.4, 0.5) is 4.39 Å². The summed E-state index contributed by atoms with van der Waals surface area (Å²) in [5, 5.41) is 5.53. The van der Waals surface area contributed by atoms with Crippen LogP contribution in [-0.2, 0) is 11.3 Å². The topological polar surface area (TPSA) is 76.7 Å². The van der Waals surface area contributed by atoms with E-state index in [2.05, 4.69) is 10.6 Å². The maximum atomic E-state index is 13.0. The van der Waals surface area contributed by atoms with Crippen LogP contribution in [0.15, 0.2) is 42.5 Å². The highest BCUT2D eigenvalue weighted by Crippen LogP contribution is 2.22. The van der Waals surface area contributed by atoms with E-state index in [1.54, 1.807) is 30.3 Å². The van der Waals surface area contributed by atoms with Crippen molar-refractivity contribution in [2.45, 2.75) is 26.4 Å². The Hall–Kier alpha value is -3.09. The Morgan fingerprint density at radius 2 is 1.57 bits per heavy atom. The molecule has 0 spiro atoms. The third kappa shape index (κ3) is 5.70. The predicted octanol–water partition coefficient (Wildman–Crippen LogP) is 2.91. The summed E-state index contributed by atoms with van der Waals surface area (Å²) in [6.07, 6.45) is 0. The highest BCUT2D eigenvalue weighted by molar-refractivity contribution is 5.98. The van der Waals surface area contributed by atoms with Gasteiger partial charge in [0.15, 0.2) is 0 Å². The molecule has 7 heteroatoms. The molecule has 28 heavy (non-hydrogen) atoms. The lowest BCUT2D eigenvalue weighted by molar-refractivity contribution is -0.124. The highest BCUT2D eigenvalue weighted by atomic mass is 19.1. The molecule has 2 aromatic rings. The Labute approximate surface area is 164 Å².